The van der Waals surface area contributed by atoms with E-state index < -0.39 is 0 Å². The Hall–Kier alpha value is -2.04. The highest BCUT2D eigenvalue weighted by Gasteiger charge is 1.99. The molecule has 0 aliphatic heterocycles. The zero-order valence-electron chi connectivity index (χ0n) is 8.18. The smallest absolute Gasteiger partial charge is 0.213 e. The molecule has 0 aliphatic carbocycles. The molecule has 0 radical (unpaired) electrons. The highest BCUT2D eigenvalue weighted by Crippen LogP contribution is 2.16. The maximum atomic E-state index is 5.77. The summed E-state index contributed by atoms with van der Waals surface area (Å²) >= 11 is 0. The monoisotopic (exact) mass is 204 g/mol. The van der Waals surface area contributed by atoms with Crippen LogP contribution in [0.3, 0.4) is 0 Å². The third kappa shape index (κ3) is 2.46. The molecule has 3 N–H and O–H groups in total. The largest absolute Gasteiger partial charge is 0.397 e. The van der Waals surface area contributed by atoms with Gasteiger partial charge in [0.1, 0.15) is 0 Å². The first kappa shape index (κ1) is 9.51. The van der Waals surface area contributed by atoms with Gasteiger partial charge in [-0.05, 0) is 12.1 Å². The number of nitrogens with zero attached hydrogens (tertiary/aromatic N) is 2. The standard InChI is InChI=1S/C10H12N4O/c11-8-3-1-2-4-9(8)12-6-5-10-13-7-15-14-10/h1-4,7,12H,5-6,11H2. The van der Waals surface area contributed by atoms with Crippen LogP contribution in [0.4, 0.5) is 11.4 Å². The topological polar surface area (TPSA) is 77.0 Å². The Morgan fingerprint density at radius 3 is 2.93 bits per heavy atom. The molecular weight excluding hydrogens is 192 g/mol. The maximum Gasteiger partial charge on any atom is 0.213 e. The summed E-state index contributed by atoms with van der Waals surface area (Å²) in [6.45, 7) is 0.730. The number of anilines is 2. The average molecular weight is 204 g/mol. The van der Waals surface area contributed by atoms with E-state index in [0.29, 0.717) is 12.2 Å². The van der Waals surface area contributed by atoms with E-state index in [1.165, 1.54) is 6.39 Å². The van der Waals surface area contributed by atoms with Crippen molar-refractivity contribution >= 4 is 11.4 Å². The lowest BCUT2D eigenvalue weighted by Gasteiger charge is -2.06. The lowest BCUT2D eigenvalue weighted by atomic mass is 10.2. The fraction of sp³-hybridized carbons (Fsp3) is 0.200. The molecule has 78 valence electrons. The van der Waals surface area contributed by atoms with E-state index in [9.17, 15) is 0 Å². The number of benzene rings is 1. The Morgan fingerprint density at radius 2 is 2.20 bits per heavy atom. The molecule has 5 heteroatoms. The van der Waals surface area contributed by atoms with Gasteiger partial charge in [-0.15, -0.1) is 0 Å². The van der Waals surface area contributed by atoms with Crippen molar-refractivity contribution in [2.24, 2.45) is 0 Å². The van der Waals surface area contributed by atoms with Gasteiger partial charge < -0.3 is 15.6 Å². The lowest BCUT2D eigenvalue weighted by Crippen LogP contribution is -2.07. The van der Waals surface area contributed by atoms with Crippen LogP contribution in [-0.4, -0.2) is 16.7 Å². The van der Waals surface area contributed by atoms with E-state index in [1.54, 1.807) is 0 Å². The van der Waals surface area contributed by atoms with Crippen molar-refractivity contribution in [2.75, 3.05) is 17.6 Å². The van der Waals surface area contributed by atoms with Gasteiger partial charge in [-0.1, -0.05) is 17.3 Å². The van der Waals surface area contributed by atoms with E-state index in [2.05, 4.69) is 20.0 Å². The second-order valence-electron chi connectivity index (χ2n) is 3.11. The molecule has 0 unspecified atom stereocenters. The van der Waals surface area contributed by atoms with Crippen LogP contribution < -0.4 is 11.1 Å². The van der Waals surface area contributed by atoms with Crippen LogP contribution in [0.1, 0.15) is 5.82 Å². The normalized spacial score (nSPS) is 10.1. The van der Waals surface area contributed by atoms with Gasteiger partial charge in [0.05, 0.1) is 11.4 Å². The number of nitrogens with two attached hydrogens (primary N) is 1. The molecule has 0 spiro atoms. The molecule has 5 nitrogen and oxygen atoms in total. The van der Waals surface area contributed by atoms with E-state index in [-0.39, 0.29) is 0 Å². The summed E-state index contributed by atoms with van der Waals surface area (Å²) in [7, 11) is 0. The Labute approximate surface area is 87.3 Å². The maximum absolute atomic E-state index is 5.77. The Bertz CT molecular complexity index is 413. The molecule has 0 fully saturated rings. The third-order valence-corrected chi connectivity index (χ3v) is 2.03. The van der Waals surface area contributed by atoms with E-state index in [4.69, 9.17) is 5.73 Å². The van der Waals surface area contributed by atoms with Crippen LogP contribution in [0.5, 0.6) is 0 Å². The van der Waals surface area contributed by atoms with Crippen molar-refractivity contribution in [3.05, 3.63) is 36.5 Å². The molecule has 2 rings (SSSR count). The summed E-state index contributed by atoms with van der Waals surface area (Å²) in [5.41, 5.74) is 7.44. The molecule has 0 saturated carbocycles. The van der Waals surface area contributed by atoms with Crippen molar-refractivity contribution in [2.45, 2.75) is 6.42 Å². The van der Waals surface area contributed by atoms with E-state index in [0.717, 1.165) is 17.9 Å². The molecule has 2 aromatic rings. The molecule has 0 bridgehead atoms. The number of aromatic nitrogens is 2. The Kier molecular flexibility index (Phi) is 2.82. The first-order chi connectivity index (χ1) is 7.36. The van der Waals surface area contributed by atoms with Crippen molar-refractivity contribution in [1.29, 1.82) is 0 Å². The first-order valence-corrected chi connectivity index (χ1v) is 4.70. The van der Waals surface area contributed by atoms with Gasteiger partial charge in [0.2, 0.25) is 6.39 Å². The summed E-state index contributed by atoms with van der Waals surface area (Å²) in [5, 5.41) is 6.92. The van der Waals surface area contributed by atoms with Crippen LogP contribution in [0, 0.1) is 0 Å². The second-order valence-corrected chi connectivity index (χ2v) is 3.11. The second kappa shape index (κ2) is 4.45. The van der Waals surface area contributed by atoms with Gasteiger partial charge in [-0.3, -0.25) is 0 Å². The zero-order valence-corrected chi connectivity index (χ0v) is 8.18. The number of rotatable bonds is 4. The zero-order chi connectivity index (χ0) is 10.5. The number of para-hydroxylation sites is 2. The van der Waals surface area contributed by atoms with Gasteiger partial charge >= 0.3 is 0 Å². The summed E-state index contributed by atoms with van der Waals surface area (Å²) in [6, 6.07) is 7.63. The Balaban J connectivity index is 1.86. The van der Waals surface area contributed by atoms with Crippen LogP contribution >= 0.6 is 0 Å². The van der Waals surface area contributed by atoms with Crippen LogP contribution in [0.15, 0.2) is 35.2 Å². The van der Waals surface area contributed by atoms with Crippen molar-refractivity contribution in [3.63, 3.8) is 0 Å². The minimum absolute atomic E-state index is 0.692. The molecule has 0 amide bonds. The van der Waals surface area contributed by atoms with Crippen molar-refractivity contribution in [1.82, 2.24) is 10.1 Å². The summed E-state index contributed by atoms with van der Waals surface area (Å²) < 4.78 is 4.63. The number of nitrogens with one attached hydrogen (secondary N) is 1. The van der Waals surface area contributed by atoms with Crippen LogP contribution in [-0.2, 0) is 6.42 Å². The summed E-state index contributed by atoms with van der Waals surface area (Å²) in [6.07, 6.45) is 2.04. The lowest BCUT2D eigenvalue weighted by molar-refractivity contribution is 0.410. The predicted molar refractivity (Wildman–Crippen MR) is 57.3 cm³/mol. The fourth-order valence-electron chi connectivity index (χ4n) is 1.27. The number of hydrogen-bond acceptors (Lipinski definition) is 5. The highest BCUT2D eigenvalue weighted by molar-refractivity contribution is 5.65. The van der Waals surface area contributed by atoms with Crippen LogP contribution in [0.25, 0.3) is 0 Å². The van der Waals surface area contributed by atoms with Gasteiger partial charge in [-0.25, -0.2) is 0 Å². The SMILES string of the molecule is Nc1ccccc1NCCc1ncon1. The minimum atomic E-state index is 0.692. The molecule has 1 aromatic heterocycles. The van der Waals surface area contributed by atoms with Crippen molar-refractivity contribution < 1.29 is 4.52 Å². The van der Waals surface area contributed by atoms with E-state index >= 15 is 0 Å². The highest BCUT2D eigenvalue weighted by atomic mass is 16.5. The van der Waals surface area contributed by atoms with Gasteiger partial charge in [0.15, 0.2) is 5.82 Å². The first-order valence-electron chi connectivity index (χ1n) is 4.70. The Morgan fingerprint density at radius 1 is 1.33 bits per heavy atom. The van der Waals surface area contributed by atoms with Gasteiger partial charge in [0, 0.05) is 13.0 Å². The molecule has 0 atom stereocenters. The van der Waals surface area contributed by atoms with E-state index in [1.807, 2.05) is 24.3 Å². The third-order valence-electron chi connectivity index (χ3n) is 2.03. The molecule has 1 heterocycles. The average Bonchev–Trinajstić information content (AvgIpc) is 2.74. The fourth-order valence-corrected chi connectivity index (χ4v) is 1.27. The summed E-state index contributed by atoms with van der Waals surface area (Å²) in [4.78, 5) is 3.92. The van der Waals surface area contributed by atoms with Gasteiger partial charge in [-0.2, -0.15) is 4.98 Å². The molecular formula is C10H12N4O. The molecule has 15 heavy (non-hydrogen) atoms. The molecule has 0 saturated heterocycles. The molecule has 1 aromatic carbocycles. The quantitative estimate of drug-likeness (QED) is 0.734. The minimum Gasteiger partial charge on any atom is -0.397 e. The predicted octanol–water partition coefficient (Wildman–Crippen LogP) is 1.31. The summed E-state index contributed by atoms with van der Waals surface area (Å²) in [5.74, 6) is 0.692. The number of nitrogen functional groups attached to an aromatic ring is 1. The molecule has 0 aliphatic rings. The number of hydrogen-bond donors (Lipinski definition) is 2. The van der Waals surface area contributed by atoms with Crippen molar-refractivity contribution in [3.8, 4) is 0 Å². The van der Waals surface area contributed by atoms with Gasteiger partial charge in [0.25, 0.3) is 0 Å². The van der Waals surface area contributed by atoms with Crippen LogP contribution in [0.2, 0.25) is 0 Å².